The van der Waals surface area contributed by atoms with Crippen LogP contribution in [0.5, 0.6) is 0 Å². The maximum atomic E-state index is 13.2. The summed E-state index contributed by atoms with van der Waals surface area (Å²) < 4.78 is 1.09. The van der Waals surface area contributed by atoms with E-state index in [1.165, 1.54) is 17.8 Å². The van der Waals surface area contributed by atoms with Gasteiger partial charge in [-0.3, -0.25) is 4.79 Å². The summed E-state index contributed by atoms with van der Waals surface area (Å²) in [5, 5.41) is 1.62. The number of hydrogen-bond acceptors (Lipinski definition) is 2. The van der Waals surface area contributed by atoms with Crippen LogP contribution in [0.25, 0.3) is 10.1 Å². The molecule has 0 unspecified atom stereocenters. The Kier molecular flexibility index (Phi) is 3.34. The Bertz CT molecular complexity index is 796. The van der Waals surface area contributed by atoms with Crippen molar-refractivity contribution in [1.29, 1.82) is 0 Å². The van der Waals surface area contributed by atoms with Crippen LogP contribution in [0.2, 0.25) is 5.02 Å². The number of nitrogens with zero attached hydrogens (tertiary/aromatic N) is 1. The van der Waals surface area contributed by atoms with Crippen LogP contribution in [-0.4, -0.2) is 23.4 Å². The molecule has 0 radical (unpaired) electrons. The number of carbonyl (C=O) groups excluding carboxylic acids is 1. The van der Waals surface area contributed by atoms with Gasteiger partial charge in [-0.2, -0.15) is 0 Å². The van der Waals surface area contributed by atoms with Crippen LogP contribution in [0.3, 0.4) is 0 Å². The van der Waals surface area contributed by atoms with E-state index in [1.807, 2.05) is 24.3 Å². The number of carbonyl (C=O) groups is 1. The highest BCUT2D eigenvalue weighted by molar-refractivity contribution is 7.21. The maximum absolute atomic E-state index is 13.2. The van der Waals surface area contributed by atoms with Gasteiger partial charge in [-0.05, 0) is 36.2 Å². The first kappa shape index (κ1) is 15.5. The minimum atomic E-state index is 0.127. The van der Waals surface area contributed by atoms with E-state index in [2.05, 4.69) is 25.7 Å². The van der Waals surface area contributed by atoms with Crippen molar-refractivity contribution >= 4 is 38.9 Å². The molecule has 4 rings (SSSR count). The Morgan fingerprint density at radius 3 is 2.74 bits per heavy atom. The lowest BCUT2D eigenvalue weighted by Gasteiger charge is -2.39. The van der Waals surface area contributed by atoms with Crippen molar-refractivity contribution in [3.63, 3.8) is 0 Å². The van der Waals surface area contributed by atoms with Gasteiger partial charge in [0.15, 0.2) is 0 Å². The zero-order valence-electron chi connectivity index (χ0n) is 13.9. The van der Waals surface area contributed by atoms with Crippen molar-refractivity contribution in [3.8, 4) is 0 Å². The third-order valence-corrected chi connectivity index (χ3v) is 7.07. The fourth-order valence-electron chi connectivity index (χ4n) is 4.98. The average Bonchev–Trinajstić information content (AvgIpc) is 2.92. The molecule has 23 heavy (non-hydrogen) atoms. The highest BCUT2D eigenvalue weighted by Crippen LogP contribution is 2.53. The normalized spacial score (nSPS) is 29.2. The fraction of sp³-hybridized carbons (Fsp3) is 0.526. The first-order chi connectivity index (χ1) is 10.8. The molecule has 2 fully saturated rings. The molecule has 1 aromatic carbocycles. The zero-order chi connectivity index (χ0) is 16.4. The molecule has 2 aromatic rings. The molecule has 2 bridgehead atoms. The predicted molar refractivity (Wildman–Crippen MR) is 97.4 cm³/mol. The Balaban J connectivity index is 1.71. The van der Waals surface area contributed by atoms with Gasteiger partial charge in [0.25, 0.3) is 5.91 Å². The Morgan fingerprint density at radius 1 is 1.26 bits per heavy atom. The third-order valence-electron chi connectivity index (χ3n) is 5.40. The van der Waals surface area contributed by atoms with Crippen LogP contribution in [-0.2, 0) is 0 Å². The van der Waals surface area contributed by atoms with Crippen LogP contribution in [0, 0.1) is 10.8 Å². The van der Waals surface area contributed by atoms with Crippen LogP contribution >= 0.6 is 22.9 Å². The van der Waals surface area contributed by atoms with Crippen molar-refractivity contribution in [2.24, 2.45) is 10.8 Å². The molecule has 1 aliphatic heterocycles. The van der Waals surface area contributed by atoms with Crippen molar-refractivity contribution < 1.29 is 4.79 Å². The molecule has 2 aliphatic rings. The molecule has 0 spiro atoms. The van der Waals surface area contributed by atoms with Crippen molar-refractivity contribution in [1.82, 2.24) is 4.90 Å². The van der Waals surface area contributed by atoms with Crippen LogP contribution in [0.1, 0.15) is 49.7 Å². The largest absolute Gasteiger partial charge is 0.334 e. The number of likely N-dealkylation sites (tertiary alicyclic amines) is 1. The van der Waals surface area contributed by atoms with Gasteiger partial charge in [-0.15, -0.1) is 11.3 Å². The summed E-state index contributed by atoms with van der Waals surface area (Å²) in [4.78, 5) is 16.0. The van der Waals surface area contributed by atoms with Gasteiger partial charge in [0, 0.05) is 22.7 Å². The summed E-state index contributed by atoms with van der Waals surface area (Å²) in [7, 11) is 0. The Hall–Kier alpha value is -1.06. The summed E-state index contributed by atoms with van der Waals surface area (Å²) in [5.74, 6) is 0.127. The predicted octanol–water partition coefficient (Wildman–Crippen LogP) is 5.60. The molecule has 1 saturated heterocycles. The number of fused-ring (bicyclic) bond motifs is 3. The zero-order valence-corrected chi connectivity index (χ0v) is 15.4. The molecule has 1 aliphatic carbocycles. The van der Waals surface area contributed by atoms with Crippen LogP contribution in [0.4, 0.5) is 0 Å². The summed E-state index contributed by atoms with van der Waals surface area (Å²) >= 11 is 8.06. The molecule has 122 valence electrons. The molecule has 1 saturated carbocycles. The second kappa shape index (κ2) is 4.97. The number of halogens is 1. The summed E-state index contributed by atoms with van der Waals surface area (Å²) in [6, 6.07) is 8.36. The number of thiophene rings is 1. The van der Waals surface area contributed by atoms with Crippen molar-refractivity contribution in [2.75, 3.05) is 6.54 Å². The van der Waals surface area contributed by atoms with Gasteiger partial charge in [0.05, 0.1) is 5.02 Å². The molecule has 1 amide bonds. The van der Waals surface area contributed by atoms with E-state index >= 15 is 0 Å². The van der Waals surface area contributed by atoms with Gasteiger partial charge in [0.1, 0.15) is 4.88 Å². The van der Waals surface area contributed by atoms with E-state index in [0.717, 1.165) is 29.5 Å². The molecule has 2 heterocycles. The van der Waals surface area contributed by atoms with Gasteiger partial charge >= 0.3 is 0 Å². The molecular weight excluding hydrogens is 326 g/mol. The quantitative estimate of drug-likeness (QED) is 0.658. The first-order valence-electron chi connectivity index (χ1n) is 8.26. The molecule has 2 atom stereocenters. The van der Waals surface area contributed by atoms with E-state index in [-0.39, 0.29) is 11.3 Å². The smallest absolute Gasteiger partial charge is 0.265 e. The molecule has 0 N–H and O–H groups in total. The van der Waals surface area contributed by atoms with Gasteiger partial charge in [-0.1, -0.05) is 50.6 Å². The van der Waals surface area contributed by atoms with Gasteiger partial charge < -0.3 is 4.90 Å². The second-order valence-corrected chi connectivity index (χ2v) is 9.82. The van der Waals surface area contributed by atoms with Gasteiger partial charge in [-0.25, -0.2) is 0 Å². The molecule has 4 heteroatoms. The van der Waals surface area contributed by atoms with E-state index in [1.54, 1.807) is 0 Å². The minimum Gasteiger partial charge on any atom is -0.334 e. The standard InChI is InChI=1S/C19H22ClNOS/c1-18(2)8-12-9-19(3,10-18)11-21(12)17(22)16-15(20)13-6-4-5-7-14(13)23-16/h4-7,12H,8-11H2,1-3H3/t12-,19-/m1/s1. The van der Waals surface area contributed by atoms with Gasteiger partial charge in [0.2, 0.25) is 0 Å². The van der Waals surface area contributed by atoms with E-state index in [9.17, 15) is 4.79 Å². The van der Waals surface area contributed by atoms with E-state index in [4.69, 9.17) is 11.6 Å². The van der Waals surface area contributed by atoms with Crippen molar-refractivity contribution in [3.05, 3.63) is 34.2 Å². The molecule has 2 nitrogen and oxygen atoms in total. The lowest BCUT2D eigenvalue weighted by Crippen LogP contribution is -2.37. The first-order valence-corrected chi connectivity index (χ1v) is 9.46. The third kappa shape index (κ3) is 2.49. The van der Waals surface area contributed by atoms with Crippen LogP contribution in [0.15, 0.2) is 24.3 Å². The molecular formula is C19H22ClNOS. The number of benzene rings is 1. The highest BCUT2D eigenvalue weighted by atomic mass is 35.5. The van der Waals surface area contributed by atoms with E-state index < -0.39 is 0 Å². The monoisotopic (exact) mass is 347 g/mol. The topological polar surface area (TPSA) is 20.3 Å². The lowest BCUT2D eigenvalue weighted by atomic mass is 9.65. The van der Waals surface area contributed by atoms with Crippen LogP contribution < -0.4 is 0 Å². The number of rotatable bonds is 1. The number of amides is 1. The Morgan fingerprint density at radius 2 is 2.00 bits per heavy atom. The maximum Gasteiger partial charge on any atom is 0.265 e. The second-order valence-electron chi connectivity index (χ2n) is 8.39. The number of hydrogen-bond donors (Lipinski definition) is 0. The van der Waals surface area contributed by atoms with Crippen molar-refractivity contribution in [2.45, 2.75) is 46.1 Å². The SMILES string of the molecule is CC1(C)C[C@@H]2C[C@@](C)(CN2C(=O)c2sc3ccccc3c2Cl)C1. The Labute approximate surface area is 146 Å². The molecule has 1 aromatic heterocycles. The summed E-state index contributed by atoms with van der Waals surface area (Å²) in [5.41, 5.74) is 0.571. The average molecular weight is 348 g/mol. The fourth-order valence-corrected chi connectivity index (χ4v) is 6.45. The summed E-state index contributed by atoms with van der Waals surface area (Å²) in [6.07, 6.45) is 3.42. The lowest BCUT2D eigenvalue weighted by molar-refractivity contribution is 0.0713. The highest BCUT2D eigenvalue weighted by Gasteiger charge is 2.51. The van der Waals surface area contributed by atoms with E-state index in [0.29, 0.717) is 21.4 Å². The summed E-state index contributed by atoms with van der Waals surface area (Å²) in [6.45, 7) is 7.86. The minimum absolute atomic E-state index is 0.127.